The number of rotatable bonds is 3. The quantitative estimate of drug-likeness (QED) is 0.209. The second-order valence-corrected chi connectivity index (χ2v) is 9.99. The molecule has 0 unspecified atom stereocenters. The Morgan fingerprint density at radius 1 is 0.750 bits per heavy atom. The number of aromatic nitrogens is 2. The van der Waals surface area contributed by atoms with Gasteiger partial charge in [-0.2, -0.15) is 0 Å². The second-order valence-electron chi connectivity index (χ2n) is 9.99. The van der Waals surface area contributed by atoms with Crippen molar-refractivity contribution in [2.75, 3.05) is 0 Å². The first kappa shape index (κ1) is 13.1. The summed E-state index contributed by atoms with van der Waals surface area (Å²) in [6.45, 7) is -4.35. The van der Waals surface area contributed by atoms with Crippen LogP contribution in [0.2, 0.25) is 0 Å². The van der Waals surface area contributed by atoms with Gasteiger partial charge in [0.2, 0.25) is 0 Å². The molecule has 0 fully saturated rings. The maximum absolute atomic E-state index is 9.34. The van der Waals surface area contributed by atoms with Crippen molar-refractivity contribution in [2.45, 2.75) is 32.5 Å². The zero-order chi connectivity index (χ0) is 39.0. The van der Waals surface area contributed by atoms with Crippen molar-refractivity contribution in [3.63, 3.8) is 0 Å². The van der Waals surface area contributed by atoms with Crippen molar-refractivity contribution in [1.82, 2.24) is 9.55 Å². The fourth-order valence-electron chi connectivity index (χ4n) is 6.11. The summed E-state index contributed by atoms with van der Waals surface area (Å²) >= 11 is 0. The van der Waals surface area contributed by atoms with Crippen LogP contribution in [0, 0.1) is 0 Å². The normalized spacial score (nSPS) is 19.3. The van der Waals surface area contributed by atoms with E-state index in [-0.39, 0.29) is 49.5 Å². The van der Waals surface area contributed by atoms with Gasteiger partial charge in [-0.05, 0) is 62.4 Å². The largest absolute Gasteiger partial charge is 0.295 e. The fraction of sp³-hybridized carbons (Fsp3) is 0.132. The summed E-state index contributed by atoms with van der Waals surface area (Å²) in [6.07, 6.45) is 0.355. The zero-order valence-corrected chi connectivity index (χ0v) is 21.5. The van der Waals surface area contributed by atoms with Crippen molar-refractivity contribution in [3.8, 4) is 27.9 Å². The van der Waals surface area contributed by atoms with Crippen molar-refractivity contribution < 1.29 is 19.2 Å². The summed E-state index contributed by atoms with van der Waals surface area (Å²) in [5.41, 5.74) is -0.417. The number of hydrogen-bond acceptors (Lipinski definition) is 1. The minimum absolute atomic E-state index is 0.0195. The van der Waals surface area contributed by atoms with Gasteiger partial charge in [0.25, 0.3) is 0 Å². The molecule has 1 aliphatic carbocycles. The Labute approximate surface area is 254 Å². The molecule has 0 spiro atoms. The van der Waals surface area contributed by atoms with Crippen LogP contribution < -0.4 is 0 Å². The predicted molar refractivity (Wildman–Crippen MR) is 168 cm³/mol. The lowest BCUT2D eigenvalue weighted by atomic mass is 9.81. The molecular formula is C38H30N2. The van der Waals surface area contributed by atoms with E-state index in [4.69, 9.17) is 18.7 Å². The van der Waals surface area contributed by atoms with E-state index in [1.165, 1.54) is 12.1 Å². The maximum Gasteiger partial charge on any atom is 0.114 e. The molecule has 0 saturated heterocycles. The van der Waals surface area contributed by atoms with E-state index in [0.29, 0.717) is 34.4 Å². The summed E-state index contributed by atoms with van der Waals surface area (Å²) in [6, 6.07) is 13.8. The van der Waals surface area contributed by atoms with E-state index in [0.717, 1.165) is 0 Å². The van der Waals surface area contributed by atoms with Gasteiger partial charge < -0.3 is 0 Å². The van der Waals surface area contributed by atoms with Crippen LogP contribution in [-0.2, 0) is 11.8 Å². The number of benzene rings is 6. The number of hydrogen-bond donors (Lipinski definition) is 0. The van der Waals surface area contributed by atoms with Crippen LogP contribution in [-0.4, -0.2) is 9.55 Å². The van der Waals surface area contributed by atoms with Gasteiger partial charge in [0.05, 0.1) is 27.7 Å². The molecule has 2 heteroatoms. The van der Waals surface area contributed by atoms with Gasteiger partial charge in [-0.15, -0.1) is 0 Å². The molecule has 2 nitrogen and oxygen atoms in total. The molecule has 1 aromatic heterocycles. The van der Waals surface area contributed by atoms with Crippen molar-refractivity contribution >= 4 is 32.6 Å². The number of nitrogens with zero attached hydrogens (tertiary/aromatic N) is 2. The van der Waals surface area contributed by atoms with Gasteiger partial charge in [0, 0.05) is 30.8 Å². The minimum atomic E-state index is -3.10. The summed E-state index contributed by atoms with van der Waals surface area (Å²) < 4.78 is 127. The summed E-state index contributed by atoms with van der Waals surface area (Å²) in [5, 5.41) is -0.268. The zero-order valence-electron chi connectivity index (χ0n) is 35.5. The molecule has 8 rings (SSSR count). The van der Waals surface area contributed by atoms with E-state index in [1.54, 1.807) is 59.2 Å². The highest BCUT2D eigenvalue weighted by Gasteiger charge is 2.35. The third kappa shape index (κ3) is 3.08. The van der Waals surface area contributed by atoms with Crippen LogP contribution in [0.15, 0.2) is 115 Å². The highest BCUT2D eigenvalue weighted by Crippen LogP contribution is 2.51. The molecule has 0 radical (unpaired) electrons. The van der Waals surface area contributed by atoms with Crippen LogP contribution in [0.4, 0.5) is 0 Å². The van der Waals surface area contributed by atoms with E-state index in [9.17, 15) is 5.48 Å². The standard InChI is InChI=1S/C38H30N2/c1-4-35-39-33-19-11-12-20-34(33)40(35)37-29-16-7-5-14-27(29)36(28-15-6-8-17-30(28)37)24-21-22-26-25-13-9-10-18-31(25)38(2,3)32(26)23-24/h5-23H,4H2,1-3H3/i2D3,3D3,5D,6D,7D,8D,14D,15D,16D,17D. The van der Waals surface area contributed by atoms with Crippen LogP contribution in [0.5, 0.6) is 0 Å². The first-order chi connectivity index (χ1) is 25.4. The van der Waals surface area contributed by atoms with E-state index in [1.807, 2.05) is 6.92 Å². The highest BCUT2D eigenvalue weighted by molar-refractivity contribution is 6.18. The summed E-state index contributed by atoms with van der Waals surface area (Å²) in [4.78, 5) is 4.78. The number of imidazole rings is 1. The monoisotopic (exact) mass is 528 g/mol. The lowest BCUT2D eigenvalue weighted by Crippen LogP contribution is -2.14. The van der Waals surface area contributed by atoms with E-state index >= 15 is 0 Å². The molecule has 0 atom stereocenters. The third-order valence-corrected chi connectivity index (χ3v) is 7.85. The van der Waals surface area contributed by atoms with Gasteiger partial charge >= 0.3 is 0 Å². The van der Waals surface area contributed by atoms with Crippen LogP contribution in [0.3, 0.4) is 0 Å². The Hall–Kier alpha value is -4.69. The van der Waals surface area contributed by atoms with Gasteiger partial charge in [0.15, 0.2) is 0 Å². The molecule has 6 aromatic carbocycles. The van der Waals surface area contributed by atoms with Crippen LogP contribution in [0.1, 0.15) is 56.8 Å². The Morgan fingerprint density at radius 2 is 1.40 bits per heavy atom. The molecule has 0 N–H and O–H groups in total. The average Bonchev–Trinajstić information content (AvgIpc) is 3.66. The van der Waals surface area contributed by atoms with Crippen molar-refractivity contribution in [2.24, 2.45) is 0 Å². The molecule has 1 aliphatic rings. The molecule has 40 heavy (non-hydrogen) atoms. The Bertz CT molecular complexity index is 2680. The van der Waals surface area contributed by atoms with Crippen LogP contribution >= 0.6 is 0 Å². The molecule has 1 heterocycles. The minimum Gasteiger partial charge on any atom is -0.295 e. The summed E-state index contributed by atoms with van der Waals surface area (Å²) in [5.74, 6) is 0.474. The maximum atomic E-state index is 9.34. The molecule has 192 valence electrons. The van der Waals surface area contributed by atoms with Crippen molar-refractivity contribution in [3.05, 3.63) is 132 Å². The van der Waals surface area contributed by atoms with E-state index < -0.39 is 67.5 Å². The Morgan fingerprint density at radius 3 is 2.12 bits per heavy atom. The van der Waals surface area contributed by atoms with Crippen molar-refractivity contribution in [1.29, 1.82) is 0 Å². The smallest absolute Gasteiger partial charge is 0.114 e. The number of para-hydroxylation sites is 2. The molecule has 0 aliphatic heterocycles. The second kappa shape index (κ2) is 8.40. The molecular weight excluding hydrogens is 484 g/mol. The topological polar surface area (TPSA) is 17.8 Å². The SMILES string of the molecule is [2H]c1c([2H])c([2H])c2c(-n3c(CC)nc4ccccc43)c3c([2H])c([2H])c([2H])c([2H])c3c(-c3ccc4c(c3)C(C([2H])([2H])[2H])(C([2H])([2H])[2H])c3ccccc3-4)c2c1[2H]. The Balaban J connectivity index is 1.66. The highest BCUT2D eigenvalue weighted by atomic mass is 15.1. The van der Waals surface area contributed by atoms with Gasteiger partial charge in [-0.1, -0.05) is 117 Å². The first-order valence-electron chi connectivity index (χ1n) is 20.1. The fourth-order valence-corrected chi connectivity index (χ4v) is 6.11. The van der Waals surface area contributed by atoms with Gasteiger partial charge in [0.1, 0.15) is 5.82 Å². The third-order valence-electron chi connectivity index (χ3n) is 7.85. The molecule has 7 aromatic rings. The average molecular weight is 529 g/mol. The summed E-state index contributed by atoms with van der Waals surface area (Å²) in [7, 11) is 0. The van der Waals surface area contributed by atoms with Gasteiger partial charge in [-0.3, -0.25) is 4.57 Å². The van der Waals surface area contributed by atoms with E-state index in [2.05, 4.69) is 0 Å². The number of fused-ring (bicyclic) bond motifs is 6. The first-order valence-corrected chi connectivity index (χ1v) is 13.1. The molecule has 0 amide bonds. The predicted octanol–water partition coefficient (Wildman–Crippen LogP) is 9.87. The molecule has 0 saturated carbocycles. The molecule has 0 bridgehead atoms. The van der Waals surface area contributed by atoms with Crippen LogP contribution in [0.25, 0.3) is 60.5 Å². The van der Waals surface area contributed by atoms with Gasteiger partial charge in [-0.25, -0.2) is 4.98 Å². The Kier molecular flexibility index (Phi) is 2.75. The number of aryl methyl sites for hydroxylation is 1. The lowest BCUT2D eigenvalue weighted by molar-refractivity contribution is 0.660. The lowest BCUT2D eigenvalue weighted by Gasteiger charge is -2.23.